The van der Waals surface area contributed by atoms with E-state index >= 15 is 0 Å². The zero-order valence-electron chi connectivity index (χ0n) is 18.4. The first kappa shape index (κ1) is 23.8. The number of nitrogens with zero attached hydrogens (tertiary/aromatic N) is 1. The van der Waals surface area contributed by atoms with Gasteiger partial charge in [0, 0.05) is 26.1 Å². The lowest BCUT2D eigenvalue weighted by Crippen LogP contribution is -2.36. The Morgan fingerprint density at radius 1 is 0.879 bits per heavy atom. The predicted molar refractivity (Wildman–Crippen MR) is 123 cm³/mol. The van der Waals surface area contributed by atoms with Crippen LogP contribution in [-0.4, -0.2) is 42.4 Å². The number of hydrogen-bond acceptors (Lipinski definition) is 5. The van der Waals surface area contributed by atoms with Crippen LogP contribution in [0.5, 0.6) is 0 Å². The molecule has 1 aromatic heterocycles. The molecule has 0 aliphatic heterocycles. The van der Waals surface area contributed by atoms with Crippen molar-refractivity contribution in [1.82, 2.24) is 10.2 Å². The summed E-state index contributed by atoms with van der Waals surface area (Å²) < 4.78 is 10.2. The van der Waals surface area contributed by atoms with Gasteiger partial charge in [0.15, 0.2) is 12.4 Å². The Labute approximate surface area is 193 Å². The molecule has 172 valence electrons. The summed E-state index contributed by atoms with van der Waals surface area (Å²) in [5, 5.41) is 2.67. The van der Waals surface area contributed by atoms with Gasteiger partial charge in [0.05, 0.1) is 6.26 Å². The highest BCUT2D eigenvalue weighted by atomic mass is 16.5. The molecule has 3 rings (SSSR count). The summed E-state index contributed by atoms with van der Waals surface area (Å²) in [7, 11) is 0. The summed E-state index contributed by atoms with van der Waals surface area (Å²) in [6.45, 7) is 0.968. The van der Waals surface area contributed by atoms with Crippen molar-refractivity contribution in [2.24, 2.45) is 0 Å². The summed E-state index contributed by atoms with van der Waals surface area (Å²) >= 11 is 0. The number of benzene rings is 2. The minimum atomic E-state index is -0.474. The number of furan rings is 1. The first-order valence-electron chi connectivity index (χ1n) is 10.9. The van der Waals surface area contributed by atoms with Crippen LogP contribution >= 0.6 is 0 Å². The Kier molecular flexibility index (Phi) is 9.27. The zero-order valence-corrected chi connectivity index (χ0v) is 18.4. The average Bonchev–Trinajstić information content (AvgIpc) is 3.39. The minimum absolute atomic E-state index is 0.106. The summed E-state index contributed by atoms with van der Waals surface area (Å²) in [5.74, 6) is -0.830. The van der Waals surface area contributed by atoms with Crippen molar-refractivity contribution in [2.45, 2.75) is 25.8 Å². The van der Waals surface area contributed by atoms with E-state index in [0.717, 1.165) is 11.1 Å². The van der Waals surface area contributed by atoms with Crippen LogP contribution in [-0.2, 0) is 27.3 Å². The SMILES string of the molecule is O=C(CCCNC(=O)c1ccco1)OCC(=O)N(CCc1ccccc1)Cc1ccccc1. The Morgan fingerprint density at radius 2 is 1.58 bits per heavy atom. The van der Waals surface area contributed by atoms with Gasteiger partial charge >= 0.3 is 5.97 Å². The van der Waals surface area contributed by atoms with Gasteiger partial charge in [0.25, 0.3) is 11.8 Å². The maximum absolute atomic E-state index is 12.8. The molecule has 3 aromatic rings. The number of hydrogen-bond donors (Lipinski definition) is 1. The lowest BCUT2D eigenvalue weighted by Gasteiger charge is -2.23. The fourth-order valence-electron chi connectivity index (χ4n) is 3.24. The largest absolute Gasteiger partial charge is 0.459 e. The van der Waals surface area contributed by atoms with Gasteiger partial charge in [-0.15, -0.1) is 0 Å². The number of esters is 1. The highest BCUT2D eigenvalue weighted by Gasteiger charge is 2.16. The van der Waals surface area contributed by atoms with Crippen LogP contribution in [0.3, 0.4) is 0 Å². The maximum Gasteiger partial charge on any atom is 0.306 e. The average molecular weight is 449 g/mol. The van der Waals surface area contributed by atoms with Crippen molar-refractivity contribution >= 4 is 17.8 Å². The molecule has 0 saturated heterocycles. The lowest BCUT2D eigenvalue weighted by molar-refractivity contribution is -0.152. The molecule has 1 N–H and O–H groups in total. The topological polar surface area (TPSA) is 88.9 Å². The molecular weight excluding hydrogens is 420 g/mol. The molecular formula is C26H28N2O5. The summed E-state index contributed by atoms with van der Waals surface area (Å²) in [5.41, 5.74) is 2.15. The number of rotatable bonds is 12. The molecule has 0 spiro atoms. The molecule has 0 radical (unpaired) electrons. The van der Waals surface area contributed by atoms with E-state index in [4.69, 9.17) is 9.15 Å². The second-order valence-corrected chi connectivity index (χ2v) is 7.53. The van der Waals surface area contributed by atoms with Crippen LogP contribution < -0.4 is 5.32 Å². The van der Waals surface area contributed by atoms with Crippen LogP contribution in [0.2, 0.25) is 0 Å². The van der Waals surface area contributed by atoms with Gasteiger partial charge < -0.3 is 19.4 Å². The molecule has 7 heteroatoms. The third-order valence-corrected chi connectivity index (χ3v) is 5.03. The molecule has 2 aromatic carbocycles. The van der Waals surface area contributed by atoms with Crippen LogP contribution in [0.1, 0.15) is 34.5 Å². The minimum Gasteiger partial charge on any atom is -0.459 e. The van der Waals surface area contributed by atoms with Gasteiger partial charge in [0.2, 0.25) is 0 Å². The van der Waals surface area contributed by atoms with E-state index < -0.39 is 5.97 Å². The molecule has 0 unspecified atom stereocenters. The van der Waals surface area contributed by atoms with Gasteiger partial charge in [-0.05, 0) is 36.1 Å². The number of carbonyl (C=O) groups excluding carboxylic acids is 3. The summed E-state index contributed by atoms with van der Waals surface area (Å²) in [4.78, 5) is 38.4. The quantitative estimate of drug-likeness (QED) is 0.338. The van der Waals surface area contributed by atoms with E-state index in [9.17, 15) is 14.4 Å². The summed E-state index contributed by atoms with van der Waals surface area (Å²) in [6, 6.07) is 22.9. The first-order valence-corrected chi connectivity index (χ1v) is 10.9. The molecule has 1 heterocycles. The van der Waals surface area contributed by atoms with Crippen molar-refractivity contribution < 1.29 is 23.5 Å². The lowest BCUT2D eigenvalue weighted by atomic mass is 10.1. The number of carbonyl (C=O) groups is 3. The van der Waals surface area contributed by atoms with Crippen molar-refractivity contribution in [3.8, 4) is 0 Å². The molecule has 0 aliphatic carbocycles. The van der Waals surface area contributed by atoms with Gasteiger partial charge in [-0.2, -0.15) is 0 Å². The molecule has 7 nitrogen and oxygen atoms in total. The van der Waals surface area contributed by atoms with E-state index in [1.54, 1.807) is 17.0 Å². The third-order valence-electron chi connectivity index (χ3n) is 5.03. The predicted octanol–water partition coefficient (Wildman–Crippen LogP) is 3.60. The molecule has 33 heavy (non-hydrogen) atoms. The standard InChI is InChI=1S/C26H28N2O5/c29-24(20-33-25(30)14-7-16-27-26(31)23-13-8-18-32-23)28(19-22-11-5-2-6-12-22)17-15-21-9-3-1-4-10-21/h1-6,8-13,18H,7,14-17,19-20H2,(H,27,31). The van der Waals surface area contributed by atoms with Crippen LogP contribution in [0, 0.1) is 0 Å². The molecule has 0 aliphatic rings. The smallest absolute Gasteiger partial charge is 0.306 e. The van der Waals surface area contributed by atoms with Crippen molar-refractivity contribution in [1.29, 1.82) is 0 Å². The Balaban J connectivity index is 1.43. The Bertz CT molecular complexity index is 1000. The second-order valence-electron chi connectivity index (χ2n) is 7.53. The fourth-order valence-corrected chi connectivity index (χ4v) is 3.24. The van der Waals surface area contributed by atoms with Gasteiger partial charge in [-0.25, -0.2) is 0 Å². The number of ether oxygens (including phenoxy) is 1. The van der Waals surface area contributed by atoms with E-state index in [1.165, 1.54) is 6.26 Å². The highest BCUT2D eigenvalue weighted by Crippen LogP contribution is 2.08. The van der Waals surface area contributed by atoms with Crippen molar-refractivity contribution in [2.75, 3.05) is 19.7 Å². The molecule has 0 fully saturated rings. The molecule has 0 bridgehead atoms. The van der Waals surface area contributed by atoms with Crippen LogP contribution in [0.4, 0.5) is 0 Å². The number of nitrogens with one attached hydrogen (secondary N) is 1. The van der Waals surface area contributed by atoms with Gasteiger partial charge in [0.1, 0.15) is 0 Å². The third kappa shape index (κ3) is 8.29. The zero-order chi connectivity index (χ0) is 23.3. The second kappa shape index (κ2) is 12.9. The van der Waals surface area contributed by atoms with E-state index in [-0.39, 0.29) is 30.6 Å². The van der Waals surface area contributed by atoms with Gasteiger partial charge in [-0.3, -0.25) is 14.4 Å². The van der Waals surface area contributed by atoms with E-state index in [0.29, 0.717) is 32.5 Å². The van der Waals surface area contributed by atoms with Crippen molar-refractivity contribution in [3.63, 3.8) is 0 Å². The normalized spacial score (nSPS) is 10.4. The van der Waals surface area contributed by atoms with Gasteiger partial charge in [-0.1, -0.05) is 60.7 Å². The van der Waals surface area contributed by atoms with Crippen molar-refractivity contribution in [3.05, 3.63) is 95.9 Å². The van der Waals surface area contributed by atoms with E-state index in [1.807, 2.05) is 60.7 Å². The number of amides is 2. The maximum atomic E-state index is 12.8. The van der Waals surface area contributed by atoms with E-state index in [2.05, 4.69) is 5.32 Å². The summed E-state index contributed by atoms with van der Waals surface area (Å²) in [6.07, 6.45) is 2.64. The van der Waals surface area contributed by atoms with Crippen LogP contribution in [0.25, 0.3) is 0 Å². The Hall–Kier alpha value is -3.87. The monoisotopic (exact) mass is 448 g/mol. The van der Waals surface area contributed by atoms with Crippen LogP contribution in [0.15, 0.2) is 83.5 Å². The first-order chi connectivity index (χ1) is 16.1. The molecule has 2 amide bonds. The molecule has 0 atom stereocenters. The fraction of sp³-hybridized carbons (Fsp3) is 0.269. The highest BCUT2D eigenvalue weighted by molar-refractivity contribution is 5.91. The Morgan fingerprint density at radius 3 is 2.24 bits per heavy atom. The molecule has 0 saturated carbocycles.